The summed E-state index contributed by atoms with van der Waals surface area (Å²) < 4.78 is 10.5. The number of rotatable bonds is 3. The van der Waals surface area contributed by atoms with Gasteiger partial charge in [-0.15, -0.1) is 0 Å². The SMILES string of the molecule is COC[C@H]1CCCC(N(N)C(=O)OC(C)(C)C)C1. The molecule has 0 aromatic heterocycles. The maximum Gasteiger partial charge on any atom is 0.424 e. The Balaban J connectivity index is 2.50. The van der Waals surface area contributed by atoms with Crippen LogP contribution in [0.5, 0.6) is 0 Å². The lowest BCUT2D eigenvalue weighted by atomic mass is 9.86. The zero-order chi connectivity index (χ0) is 13.8. The van der Waals surface area contributed by atoms with Crippen LogP contribution in [0.1, 0.15) is 46.5 Å². The quantitative estimate of drug-likeness (QED) is 0.479. The van der Waals surface area contributed by atoms with Crippen molar-refractivity contribution in [3.05, 3.63) is 0 Å². The van der Waals surface area contributed by atoms with Crippen molar-refractivity contribution in [3.63, 3.8) is 0 Å². The average molecular weight is 258 g/mol. The number of nitrogens with zero attached hydrogens (tertiary/aromatic N) is 1. The van der Waals surface area contributed by atoms with Crippen LogP contribution in [0.3, 0.4) is 0 Å². The number of hydrogen-bond acceptors (Lipinski definition) is 4. The van der Waals surface area contributed by atoms with Gasteiger partial charge in [0, 0.05) is 13.7 Å². The summed E-state index contributed by atoms with van der Waals surface area (Å²) in [5, 5.41) is 1.26. The molecule has 2 atom stereocenters. The Morgan fingerprint density at radius 1 is 1.39 bits per heavy atom. The van der Waals surface area contributed by atoms with E-state index in [9.17, 15) is 4.79 Å². The smallest absolute Gasteiger partial charge is 0.424 e. The summed E-state index contributed by atoms with van der Waals surface area (Å²) in [6.07, 6.45) is 3.62. The Labute approximate surface area is 110 Å². The molecular weight excluding hydrogens is 232 g/mol. The molecule has 2 N–H and O–H groups in total. The van der Waals surface area contributed by atoms with E-state index in [2.05, 4.69) is 0 Å². The molecule has 1 fully saturated rings. The Morgan fingerprint density at radius 2 is 2.06 bits per heavy atom. The number of nitrogens with two attached hydrogens (primary N) is 1. The third-order valence-corrected chi connectivity index (χ3v) is 3.16. The fourth-order valence-electron chi connectivity index (χ4n) is 2.37. The van der Waals surface area contributed by atoms with Gasteiger partial charge in [-0.3, -0.25) is 0 Å². The van der Waals surface area contributed by atoms with Crippen molar-refractivity contribution < 1.29 is 14.3 Å². The van der Waals surface area contributed by atoms with E-state index in [0.29, 0.717) is 5.92 Å². The number of amides is 1. The second-order valence-electron chi connectivity index (χ2n) is 6.03. The van der Waals surface area contributed by atoms with Gasteiger partial charge in [-0.25, -0.2) is 15.6 Å². The summed E-state index contributed by atoms with van der Waals surface area (Å²) in [4.78, 5) is 11.9. The van der Waals surface area contributed by atoms with Crippen LogP contribution in [0.25, 0.3) is 0 Å². The van der Waals surface area contributed by atoms with Crippen LogP contribution < -0.4 is 5.84 Å². The number of hydrogen-bond donors (Lipinski definition) is 1. The highest BCUT2D eigenvalue weighted by Crippen LogP contribution is 2.27. The van der Waals surface area contributed by atoms with E-state index in [1.807, 2.05) is 20.8 Å². The van der Waals surface area contributed by atoms with E-state index in [1.165, 1.54) is 5.01 Å². The minimum atomic E-state index is -0.505. The van der Waals surface area contributed by atoms with Crippen LogP contribution in [-0.2, 0) is 9.47 Å². The molecule has 0 aromatic rings. The molecule has 1 unspecified atom stereocenters. The number of hydrazine groups is 1. The molecule has 5 nitrogen and oxygen atoms in total. The standard InChI is InChI=1S/C13H26N2O3/c1-13(2,3)18-12(16)15(14)11-7-5-6-10(8-11)9-17-4/h10-11H,5-9,14H2,1-4H3/t10-,11?/m0/s1. The fraction of sp³-hybridized carbons (Fsp3) is 0.923. The number of carbonyl (C=O) groups excluding carboxylic acids is 1. The van der Waals surface area contributed by atoms with Gasteiger partial charge in [0.1, 0.15) is 5.60 Å². The lowest BCUT2D eigenvalue weighted by Crippen LogP contribution is -2.49. The van der Waals surface area contributed by atoms with Crippen LogP contribution in [0, 0.1) is 5.92 Å². The molecule has 106 valence electrons. The summed E-state index contributed by atoms with van der Waals surface area (Å²) in [6.45, 7) is 6.26. The van der Waals surface area contributed by atoms with Gasteiger partial charge < -0.3 is 9.47 Å². The molecular formula is C13H26N2O3. The summed E-state index contributed by atoms with van der Waals surface area (Å²) in [7, 11) is 1.71. The normalized spacial score (nSPS) is 24.7. The average Bonchev–Trinajstić information content (AvgIpc) is 2.26. The third kappa shape index (κ3) is 4.82. The molecule has 5 heteroatoms. The summed E-state index contributed by atoms with van der Waals surface area (Å²) in [5.41, 5.74) is -0.505. The first-order chi connectivity index (χ1) is 8.33. The zero-order valence-electron chi connectivity index (χ0n) is 11.9. The molecule has 1 rings (SSSR count). The van der Waals surface area contributed by atoms with Crippen LogP contribution in [-0.4, -0.2) is 36.5 Å². The first-order valence-electron chi connectivity index (χ1n) is 6.59. The molecule has 0 aromatic carbocycles. The van der Waals surface area contributed by atoms with Crippen LogP contribution in [0.2, 0.25) is 0 Å². The molecule has 0 bridgehead atoms. The molecule has 1 amide bonds. The molecule has 0 aliphatic heterocycles. The molecule has 1 aliphatic carbocycles. The molecule has 18 heavy (non-hydrogen) atoms. The first-order valence-corrected chi connectivity index (χ1v) is 6.59. The van der Waals surface area contributed by atoms with Crippen molar-refractivity contribution >= 4 is 6.09 Å². The topological polar surface area (TPSA) is 64.8 Å². The van der Waals surface area contributed by atoms with Gasteiger partial charge in [0.25, 0.3) is 0 Å². The lowest BCUT2D eigenvalue weighted by molar-refractivity contribution is 0.00560. The van der Waals surface area contributed by atoms with Gasteiger partial charge in [0.05, 0.1) is 6.04 Å². The highest BCUT2D eigenvalue weighted by Gasteiger charge is 2.30. The van der Waals surface area contributed by atoms with E-state index in [-0.39, 0.29) is 6.04 Å². The molecule has 1 aliphatic rings. The summed E-state index contributed by atoms with van der Waals surface area (Å²) >= 11 is 0. The second kappa shape index (κ2) is 6.38. The predicted octanol–water partition coefficient (Wildman–Crippen LogP) is 2.30. The second-order valence-corrected chi connectivity index (χ2v) is 6.03. The van der Waals surface area contributed by atoms with E-state index >= 15 is 0 Å². The van der Waals surface area contributed by atoms with Crippen molar-refractivity contribution in [2.24, 2.45) is 11.8 Å². The van der Waals surface area contributed by atoms with Gasteiger partial charge >= 0.3 is 6.09 Å². The maximum absolute atomic E-state index is 11.9. The van der Waals surface area contributed by atoms with E-state index < -0.39 is 11.7 Å². The molecule has 1 saturated carbocycles. The van der Waals surface area contributed by atoms with Gasteiger partial charge in [0.2, 0.25) is 0 Å². The van der Waals surface area contributed by atoms with E-state index in [0.717, 1.165) is 32.3 Å². The number of carbonyl (C=O) groups is 1. The van der Waals surface area contributed by atoms with Crippen molar-refractivity contribution in [3.8, 4) is 0 Å². The monoisotopic (exact) mass is 258 g/mol. The highest BCUT2D eigenvalue weighted by atomic mass is 16.6. The van der Waals surface area contributed by atoms with Gasteiger partial charge in [-0.2, -0.15) is 0 Å². The number of ether oxygens (including phenoxy) is 2. The van der Waals surface area contributed by atoms with Crippen molar-refractivity contribution in [1.82, 2.24) is 5.01 Å². The summed E-state index contributed by atoms with van der Waals surface area (Å²) in [5.74, 6) is 6.36. The molecule has 0 saturated heterocycles. The third-order valence-electron chi connectivity index (χ3n) is 3.16. The van der Waals surface area contributed by atoms with Gasteiger partial charge in [0.15, 0.2) is 0 Å². The Kier molecular flexibility index (Phi) is 5.41. The minimum absolute atomic E-state index is 0.0637. The van der Waals surface area contributed by atoms with Crippen molar-refractivity contribution in [2.45, 2.75) is 58.1 Å². The maximum atomic E-state index is 11.9. The number of methoxy groups -OCH3 is 1. The Hall–Kier alpha value is -0.810. The molecule has 0 heterocycles. The van der Waals surface area contributed by atoms with E-state index in [4.69, 9.17) is 15.3 Å². The first kappa shape index (κ1) is 15.2. The summed E-state index contributed by atoms with van der Waals surface area (Å²) in [6, 6.07) is 0.0637. The lowest BCUT2D eigenvalue weighted by Gasteiger charge is -2.35. The Bertz CT molecular complexity index is 274. The fourth-order valence-corrected chi connectivity index (χ4v) is 2.37. The van der Waals surface area contributed by atoms with Gasteiger partial charge in [-0.05, 0) is 46.0 Å². The van der Waals surface area contributed by atoms with Crippen LogP contribution in [0.15, 0.2) is 0 Å². The van der Waals surface area contributed by atoms with E-state index in [1.54, 1.807) is 7.11 Å². The Morgan fingerprint density at radius 3 is 2.61 bits per heavy atom. The molecule has 0 radical (unpaired) electrons. The van der Waals surface area contributed by atoms with Crippen LogP contribution >= 0.6 is 0 Å². The highest BCUT2D eigenvalue weighted by molar-refractivity contribution is 5.67. The largest absolute Gasteiger partial charge is 0.443 e. The zero-order valence-corrected chi connectivity index (χ0v) is 11.9. The van der Waals surface area contributed by atoms with Crippen molar-refractivity contribution in [1.29, 1.82) is 0 Å². The van der Waals surface area contributed by atoms with Crippen LogP contribution in [0.4, 0.5) is 4.79 Å². The van der Waals surface area contributed by atoms with Gasteiger partial charge in [-0.1, -0.05) is 6.42 Å². The molecule has 0 spiro atoms. The van der Waals surface area contributed by atoms with Crippen molar-refractivity contribution in [2.75, 3.05) is 13.7 Å². The predicted molar refractivity (Wildman–Crippen MR) is 69.9 cm³/mol. The minimum Gasteiger partial charge on any atom is -0.443 e.